The largest absolute Gasteiger partial charge is 0.508 e. The van der Waals surface area contributed by atoms with Gasteiger partial charge in [-0.25, -0.2) is 0 Å². The van der Waals surface area contributed by atoms with Gasteiger partial charge in [0.2, 0.25) is 0 Å². The molecule has 2 atom stereocenters. The molecular formula is C15H18BrNO2. The summed E-state index contributed by atoms with van der Waals surface area (Å²) < 4.78 is 6.36. The first kappa shape index (κ1) is 14.2. The molecule has 1 aromatic heterocycles. The van der Waals surface area contributed by atoms with Crippen LogP contribution in [0.5, 0.6) is 5.75 Å². The predicted octanol–water partition coefficient (Wildman–Crippen LogP) is 4.55. The van der Waals surface area contributed by atoms with E-state index < -0.39 is 0 Å². The number of furan rings is 1. The van der Waals surface area contributed by atoms with Crippen molar-refractivity contribution in [1.82, 2.24) is 5.32 Å². The van der Waals surface area contributed by atoms with Crippen molar-refractivity contribution in [3.8, 4) is 5.75 Å². The van der Waals surface area contributed by atoms with E-state index in [1.54, 1.807) is 12.3 Å². The standard InChI is InChI=1S/C15H18BrNO2/c1-3-13(12-9-11(16)6-7-14(12)18)17-10(2)15-5-4-8-19-15/h4-10,13,17-18H,3H2,1-2H3/t10-,13?/m1/s1. The van der Waals surface area contributed by atoms with E-state index in [9.17, 15) is 5.11 Å². The minimum atomic E-state index is 0.0811. The molecule has 3 nitrogen and oxygen atoms in total. The highest BCUT2D eigenvalue weighted by atomic mass is 79.9. The van der Waals surface area contributed by atoms with Crippen molar-refractivity contribution < 1.29 is 9.52 Å². The van der Waals surface area contributed by atoms with Crippen LogP contribution in [0.4, 0.5) is 0 Å². The smallest absolute Gasteiger partial charge is 0.120 e. The van der Waals surface area contributed by atoms with Gasteiger partial charge in [-0.2, -0.15) is 0 Å². The van der Waals surface area contributed by atoms with Crippen molar-refractivity contribution in [2.45, 2.75) is 32.4 Å². The van der Waals surface area contributed by atoms with Crippen LogP contribution < -0.4 is 5.32 Å². The second-order valence-corrected chi connectivity index (χ2v) is 5.48. The minimum absolute atomic E-state index is 0.0811. The van der Waals surface area contributed by atoms with Crippen molar-refractivity contribution in [3.63, 3.8) is 0 Å². The maximum atomic E-state index is 10.00. The Morgan fingerprint density at radius 2 is 2.16 bits per heavy atom. The van der Waals surface area contributed by atoms with E-state index in [0.29, 0.717) is 5.75 Å². The Morgan fingerprint density at radius 3 is 2.79 bits per heavy atom. The Balaban J connectivity index is 2.18. The topological polar surface area (TPSA) is 45.4 Å². The summed E-state index contributed by atoms with van der Waals surface area (Å²) in [4.78, 5) is 0. The van der Waals surface area contributed by atoms with E-state index in [4.69, 9.17) is 4.42 Å². The summed E-state index contributed by atoms with van der Waals surface area (Å²) in [6.07, 6.45) is 2.56. The number of phenols is 1. The fourth-order valence-corrected chi connectivity index (χ4v) is 2.53. The zero-order chi connectivity index (χ0) is 13.8. The molecule has 0 bridgehead atoms. The van der Waals surface area contributed by atoms with Crippen LogP contribution in [0.15, 0.2) is 45.5 Å². The average molecular weight is 324 g/mol. The van der Waals surface area contributed by atoms with Crippen LogP contribution in [-0.4, -0.2) is 5.11 Å². The minimum Gasteiger partial charge on any atom is -0.508 e. The Kier molecular flexibility index (Phi) is 4.66. The van der Waals surface area contributed by atoms with Crippen molar-refractivity contribution in [2.75, 3.05) is 0 Å². The third-order valence-electron chi connectivity index (χ3n) is 3.19. The summed E-state index contributed by atoms with van der Waals surface area (Å²) in [7, 11) is 0. The zero-order valence-corrected chi connectivity index (χ0v) is 12.6. The lowest BCUT2D eigenvalue weighted by molar-refractivity contribution is 0.376. The van der Waals surface area contributed by atoms with Crippen LogP contribution in [0.1, 0.15) is 43.7 Å². The van der Waals surface area contributed by atoms with Crippen molar-refractivity contribution in [2.24, 2.45) is 0 Å². The van der Waals surface area contributed by atoms with E-state index in [-0.39, 0.29) is 12.1 Å². The van der Waals surface area contributed by atoms with E-state index in [1.165, 1.54) is 0 Å². The Labute approximate surface area is 121 Å². The van der Waals surface area contributed by atoms with Gasteiger partial charge < -0.3 is 14.8 Å². The molecule has 0 saturated heterocycles. The number of phenolic OH excluding ortho intramolecular Hbond substituents is 1. The highest BCUT2D eigenvalue weighted by molar-refractivity contribution is 9.10. The van der Waals surface area contributed by atoms with Gasteiger partial charge in [-0.05, 0) is 43.7 Å². The SMILES string of the molecule is CCC(N[C@H](C)c1ccco1)c1cc(Br)ccc1O. The number of hydrogen-bond donors (Lipinski definition) is 2. The highest BCUT2D eigenvalue weighted by Gasteiger charge is 2.18. The lowest BCUT2D eigenvalue weighted by Crippen LogP contribution is -2.24. The van der Waals surface area contributed by atoms with Gasteiger partial charge in [-0.15, -0.1) is 0 Å². The number of hydrogen-bond acceptors (Lipinski definition) is 3. The molecule has 0 spiro atoms. The quantitative estimate of drug-likeness (QED) is 0.848. The first-order valence-electron chi connectivity index (χ1n) is 6.39. The maximum absolute atomic E-state index is 10.00. The molecule has 0 radical (unpaired) electrons. The first-order valence-corrected chi connectivity index (χ1v) is 7.19. The van der Waals surface area contributed by atoms with E-state index in [1.807, 2.05) is 24.3 Å². The van der Waals surface area contributed by atoms with Crippen LogP contribution in [0.25, 0.3) is 0 Å². The maximum Gasteiger partial charge on any atom is 0.120 e. The average Bonchev–Trinajstić information content (AvgIpc) is 2.93. The molecule has 2 rings (SSSR count). The number of rotatable bonds is 5. The first-order chi connectivity index (χ1) is 9.11. The van der Waals surface area contributed by atoms with Gasteiger partial charge in [0.05, 0.1) is 12.3 Å². The van der Waals surface area contributed by atoms with Crippen molar-refractivity contribution >= 4 is 15.9 Å². The molecule has 0 saturated carbocycles. The van der Waals surface area contributed by atoms with Crippen LogP contribution in [0, 0.1) is 0 Å². The molecule has 4 heteroatoms. The number of aromatic hydroxyl groups is 1. The van der Waals surface area contributed by atoms with E-state index >= 15 is 0 Å². The summed E-state index contributed by atoms with van der Waals surface area (Å²) in [6.45, 7) is 4.14. The molecule has 102 valence electrons. The molecule has 2 N–H and O–H groups in total. The Hall–Kier alpha value is -1.26. The van der Waals surface area contributed by atoms with Gasteiger partial charge in [0.15, 0.2) is 0 Å². The lowest BCUT2D eigenvalue weighted by atomic mass is 10.0. The van der Waals surface area contributed by atoms with Crippen LogP contribution in [0.3, 0.4) is 0 Å². The van der Waals surface area contributed by atoms with Crippen molar-refractivity contribution in [3.05, 3.63) is 52.4 Å². The van der Waals surface area contributed by atoms with E-state index in [0.717, 1.165) is 22.2 Å². The summed E-state index contributed by atoms with van der Waals surface area (Å²) in [5, 5.41) is 13.5. The highest BCUT2D eigenvalue weighted by Crippen LogP contribution is 2.31. The fraction of sp³-hybridized carbons (Fsp3) is 0.333. The number of nitrogens with one attached hydrogen (secondary N) is 1. The van der Waals surface area contributed by atoms with Gasteiger partial charge in [-0.1, -0.05) is 22.9 Å². The molecule has 0 aliphatic heterocycles. The fourth-order valence-electron chi connectivity index (χ4n) is 2.15. The summed E-state index contributed by atoms with van der Waals surface area (Å²) in [5.41, 5.74) is 0.898. The van der Waals surface area contributed by atoms with Gasteiger partial charge >= 0.3 is 0 Å². The second kappa shape index (κ2) is 6.26. The van der Waals surface area contributed by atoms with Crippen LogP contribution in [-0.2, 0) is 0 Å². The summed E-state index contributed by atoms with van der Waals surface area (Å²) >= 11 is 3.44. The predicted molar refractivity (Wildman–Crippen MR) is 79.1 cm³/mol. The molecule has 0 amide bonds. The molecular weight excluding hydrogens is 306 g/mol. The zero-order valence-electron chi connectivity index (χ0n) is 11.1. The molecule has 2 aromatic rings. The molecule has 1 aromatic carbocycles. The number of halogens is 1. The Bertz CT molecular complexity index is 525. The van der Waals surface area contributed by atoms with Gasteiger partial charge in [0, 0.05) is 16.1 Å². The molecule has 0 aliphatic carbocycles. The lowest BCUT2D eigenvalue weighted by Gasteiger charge is -2.22. The van der Waals surface area contributed by atoms with Gasteiger partial charge in [0.25, 0.3) is 0 Å². The monoisotopic (exact) mass is 323 g/mol. The second-order valence-electron chi connectivity index (χ2n) is 4.57. The normalized spacial score (nSPS) is 14.3. The number of benzene rings is 1. The molecule has 1 unspecified atom stereocenters. The van der Waals surface area contributed by atoms with Crippen LogP contribution in [0.2, 0.25) is 0 Å². The molecule has 0 fully saturated rings. The van der Waals surface area contributed by atoms with E-state index in [2.05, 4.69) is 35.1 Å². The summed E-state index contributed by atoms with van der Waals surface area (Å²) in [5.74, 6) is 1.21. The van der Waals surface area contributed by atoms with Gasteiger partial charge in [0.1, 0.15) is 11.5 Å². The third kappa shape index (κ3) is 3.39. The molecule has 1 heterocycles. The van der Waals surface area contributed by atoms with Gasteiger partial charge in [-0.3, -0.25) is 0 Å². The van der Waals surface area contributed by atoms with Crippen molar-refractivity contribution in [1.29, 1.82) is 0 Å². The molecule has 0 aliphatic rings. The molecule has 19 heavy (non-hydrogen) atoms. The third-order valence-corrected chi connectivity index (χ3v) is 3.69. The summed E-state index contributed by atoms with van der Waals surface area (Å²) in [6, 6.07) is 9.50. The van der Waals surface area contributed by atoms with Crippen LogP contribution >= 0.6 is 15.9 Å². The Morgan fingerprint density at radius 1 is 1.37 bits per heavy atom.